The van der Waals surface area contributed by atoms with Crippen molar-refractivity contribution in [2.24, 2.45) is 0 Å². The summed E-state index contributed by atoms with van der Waals surface area (Å²) in [6, 6.07) is 19.9. The van der Waals surface area contributed by atoms with E-state index in [2.05, 4.69) is 9.97 Å². The maximum atomic E-state index is 13.6. The summed E-state index contributed by atoms with van der Waals surface area (Å²) >= 11 is 0. The summed E-state index contributed by atoms with van der Waals surface area (Å²) in [5, 5.41) is 4.70. The van der Waals surface area contributed by atoms with Crippen molar-refractivity contribution in [3.8, 4) is 22.4 Å². The molecule has 0 atom stereocenters. The Morgan fingerprint density at radius 1 is 0.971 bits per heavy atom. The van der Waals surface area contributed by atoms with Gasteiger partial charge in [0.2, 0.25) is 5.65 Å². The van der Waals surface area contributed by atoms with E-state index < -0.39 is 0 Å². The van der Waals surface area contributed by atoms with Gasteiger partial charge in [0.05, 0.1) is 12.1 Å². The second-order valence-electron chi connectivity index (χ2n) is 8.31. The lowest BCUT2D eigenvalue weighted by Gasteiger charge is -2.10. The molecule has 0 unspecified atom stereocenters. The van der Waals surface area contributed by atoms with Crippen LogP contribution in [0.2, 0.25) is 0 Å². The highest BCUT2D eigenvalue weighted by Crippen LogP contribution is 2.33. The van der Waals surface area contributed by atoms with E-state index in [1.54, 1.807) is 12.1 Å². The van der Waals surface area contributed by atoms with Crippen LogP contribution in [0.3, 0.4) is 0 Å². The van der Waals surface area contributed by atoms with Crippen LogP contribution in [0.1, 0.15) is 17.0 Å². The molecule has 8 heteroatoms. The molecule has 5 aromatic rings. The van der Waals surface area contributed by atoms with Gasteiger partial charge >= 0.3 is 11.6 Å². The Kier molecular flexibility index (Phi) is 5.41. The number of anilines is 1. The standard InChI is InChI=1S/C26H23FN6O/c1-16-14-20(15-17(2)29-16)22-23(19-8-10-21(27)11-9-19)30-25(28)33-24(22)31-32(26(33)34)13-12-18-6-4-3-5-7-18/h3-11,14-15H,12-13H2,1-2H3,(H2,28,30)/p+1. The van der Waals surface area contributed by atoms with Gasteiger partial charge in [-0.2, -0.15) is 4.68 Å². The lowest BCUT2D eigenvalue weighted by Crippen LogP contribution is -2.28. The van der Waals surface area contributed by atoms with Crippen LogP contribution in [0.4, 0.5) is 10.3 Å². The molecule has 0 fully saturated rings. The third-order valence-electron chi connectivity index (χ3n) is 5.77. The predicted molar refractivity (Wildman–Crippen MR) is 129 cm³/mol. The average Bonchev–Trinajstić information content (AvgIpc) is 3.14. The van der Waals surface area contributed by atoms with Gasteiger partial charge in [-0.25, -0.2) is 14.2 Å². The first-order chi connectivity index (χ1) is 16.4. The molecule has 0 radical (unpaired) electrons. The normalized spacial score (nSPS) is 11.3. The lowest BCUT2D eigenvalue weighted by molar-refractivity contribution is -0.351. The molecule has 2 aromatic carbocycles. The summed E-state index contributed by atoms with van der Waals surface area (Å²) in [6.45, 7) is 4.23. The Morgan fingerprint density at radius 2 is 1.65 bits per heavy atom. The number of hydrogen-bond acceptors (Lipinski definition) is 4. The second-order valence-corrected chi connectivity index (χ2v) is 8.31. The fraction of sp³-hybridized carbons (Fsp3) is 0.154. The first-order valence-corrected chi connectivity index (χ1v) is 11.0. The zero-order valence-electron chi connectivity index (χ0n) is 18.9. The van der Waals surface area contributed by atoms with E-state index in [0.717, 1.165) is 28.1 Å². The summed E-state index contributed by atoms with van der Waals surface area (Å²) in [5.41, 5.74) is 12.1. The third kappa shape index (κ3) is 3.94. The van der Waals surface area contributed by atoms with Crippen molar-refractivity contribution < 1.29 is 9.37 Å². The van der Waals surface area contributed by atoms with Crippen LogP contribution in [-0.4, -0.2) is 19.2 Å². The molecule has 3 N–H and O–H groups in total. The summed E-state index contributed by atoms with van der Waals surface area (Å²) < 4.78 is 16.5. The fourth-order valence-corrected chi connectivity index (χ4v) is 4.26. The molecule has 3 heterocycles. The largest absolute Gasteiger partial charge is 0.411 e. The molecule has 3 aromatic heterocycles. The van der Waals surface area contributed by atoms with Crippen molar-refractivity contribution in [1.82, 2.24) is 19.2 Å². The minimum Gasteiger partial charge on any atom is -0.290 e. The van der Waals surface area contributed by atoms with Gasteiger partial charge in [0, 0.05) is 17.0 Å². The Balaban J connectivity index is 1.75. The van der Waals surface area contributed by atoms with Crippen LogP contribution >= 0.6 is 0 Å². The maximum absolute atomic E-state index is 13.6. The molecule has 0 bridgehead atoms. The number of aromatic nitrogens is 5. The molecular weight excluding hydrogens is 431 g/mol. The molecule has 0 aliphatic rings. The summed E-state index contributed by atoms with van der Waals surface area (Å²) in [4.78, 5) is 20.9. The number of H-pyrrole nitrogens is 1. The quantitative estimate of drug-likeness (QED) is 0.438. The van der Waals surface area contributed by atoms with Gasteiger partial charge in [0.25, 0.3) is 0 Å². The van der Waals surface area contributed by atoms with Crippen LogP contribution in [0.25, 0.3) is 28.0 Å². The smallest absolute Gasteiger partial charge is 0.290 e. The van der Waals surface area contributed by atoms with E-state index in [4.69, 9.17) is 10.8 Å². The number of nitrogens with zero attached hydrogens (tertiary/aromatic N) is 4. The molecule has 0 spiro atoms. The number of nitrogen functional groups attached to an aromatic ring is 1. The number of aryl methyl sites for hydroxylation is 4. The zero-order valence-corrected chi connectivity index (χ0v) is 18.9. The summed E-state index contributed by atoms with van der Waals surface area (Å²) in [5.74, 6) is -0.187. The predicted octanol–water partition coefficient (Wildman–Crippen LogP) is 3.62. The highest BCUT2D eigenvalue weighted by molar-refractivity contribution is 5.88. The number of hydrogen-bond donors (Lipinski definition) is 1. The number of benzene rings is 2. The Labute approximate surface area is 195 Å². The van der Waals surface area contributed by atoms with Crippen molar-refractivity contribution in [1.29, 1.82) is 0 Å². The topological polar surface area (TPSA) is 92.3 Å². The second kappa shape index (κ2) is 8.55. The van der Waals surface area contributed by atoms with E-state index in [9.17, 15) is 9.18 Å². The number of pyridine rings is 1. The van der Waals surface area contributed by atoms with Gasteiger partial charge in [-0.3, -0.25) is 10.7 Å². The van der Waals surface area contributed by atoms with Crippen molar-refractivity contribution in [2.45, 2.75) is 26.8 Å². The molecule has 0 saturated carbocycles. The lowest BCUT2D eigenvalue weighted by atomic mass is 9.99. The van der Waals surface area contributed by atoms with Gasteiger partial charge in [-0.15, -0.1) is 9.50 Å². The number of nitrogens with two attached hydrogens (primary N) is 1. The molecule has 5 rings (SSSR count). The molecule has 7 nitrogen and oxygen atoms in total. The number of aromatic amines is 1. The van der Waals surface area contributed by atoms with E-state index >= 15 is 0 Å². The number of halogens is 1. The average molecular weight is 456 g/mol. The first-order valence-electron chi connectivity index (χ1n) is 11.0. The van der Waals surface area contributed by atoms with E-state index in [-0.39, 0.29) is 17.5 Å². The minimum atomic E-state index is -0.337. The van der Waals surface area contributed by atoms with Crippen molar-refractivity contribution in [3.63, 3.8) is 0 Å². The Morgan fingerprint density at radius 3 is 2.32 bits per heavy atom. The number of rotatable bonds is 5. The van der Waals surface area contributed by atoms with Gasteiger partial charge in [0.15, 0.2) is 0 Å². The van der Waals surface area contributed by atoms with Gasteiger partial charge < -0.3 is 0 Å². The molecular formula is C26H24FN6O+. The van der Waals surface area contributed by atoms with Crippen LogP contribution in [0.5, 0.6) is 0 Å². The van der Waals surface area contributed by atoms with Crippen molar-refractivity contribution >= 4 is 11.6 Å². The van der Waals surface area contributed by atoms with Crippen molar-refractivity contribution in [3.05, 3.63) is 100.0 Å². The third-order valence-corrected chi connectivity index (χ3v) is 5.77. The van der Waals surface area contributed by atoms with Crippen LogP contribution in [-0.2, 0) is 13.0 Å². The summed E-state index contributed by atoms with van der Waals surface area (Å²) in [6.07, 6.45) is 0.655. The number of nitrogens with one attached hydrogen (secondary N) is 1. The molecule has 170 valence electrons. The van der Waals surface area contributed by atoms with E-state index in [1.165, 1.54) is 21.2 Å². The monoisotopic (exact) mass is 455 g/mol. The van der Waals surface area contributed by atoms with E-state index in [0.29, 0.717) is 29.9 Å². The zero-order chi connectivity index (χ0) is 23.8. The number of fused-ring (bicyclic) bond motifs is 1. The SMILES string of the molecule is Cc1cc(-c2c(-c3ccc(F)cc3)[nH+]c(N)n3c(=O)n(CCc4ccccc4)nc23)cc(C)n1. The highest BCUT2D eigenvalue weighted by Gasteiger charge is 2.26. The van der Waals surface area contributed by atoms with Gasteiger partial charge in [-0.05, 0) is 67.8 Å². The first kappa shape index (κ1) is 21.5. The Bertz CT molecular complexity index is 1530. The van der Waals surface area contributed by atoms with Crippen LogP contribution < -0.4 is 16.4 Å². The van der Waals surface area contributed by atoms with Gasteiger partial charge in [-0.1, -0.05) is 30.3 Å². The van der Waals surface area contributed by atoms with Crippen LogP contribution in [0, 0.1) is 19.7 Å². The minimum absolute atomic E-state index is 0.150. The maximum Gasteiger partial charge on any atom is 0.411 e. The van der Waals surface area contributed by atoms with Crippen LogP contribution in [0.15, 0.2) is 71.5 Å². The molecule has 0 aliphatic carbocycles. The highest BCUT2D eigenvalue weighted by atomic mass is 19.1. The summed E-state index contributed by atoms with van der Waals surface area (Å²) in [7, 11) is 0. The molecule has 0 aliphatic heterocycles. The molecule has 0 saturated heterocycles. The van der Waals surface area contributed by atoms with Gasteiger partial charge in [0.1, 0.15) is 11.5 Å². The molecule has 34 heavy (non-hydrogen) atoms. The molecule has 0 amide bonds. The fourth-order valence-electron chi connectivity index (χ4n) is 4.26. The van der Waals surface area contributed by atoms with Crippen molar-refractivity contribution in [2.75, 3.05) is 5.73 Å². The van der Waals surface area contributed by atoms with E-state index in [1.807, 2.05) is 56.3 Å². The Hall–Kier alpha value is -4.33.